The Morgan fingerprint density at radius 2 is 0.957 bits per heavy atom. The maximum absolute atomic E-state index is 4.95. The van der Waals surface area contributed by atoms with Crippen molar-refractivity contribution in [2.24, 2.45) is 0 Å². The van der Waals surface area contributed by atoms with Gasteiger partial charge in [-0.05, 0) is 64.9 Å². The van der Waals surface area contributed by atoms with Crippen molar-refractivity contribution in [3.63, 3.8) is 0 Å². The molecule has 0 atom stereocenters. The van der Waals surface area contributed by atoms with Gasteiger partial charge in [-0.2, -0.15) is 0 Å². The van der Waals surface area contributed by atoms with Gasteiger partial charge >= 0.3 is 0 Å². The summed E-state index contributed by atoms with van der Waals surface area (Å²) in [5.41, 5.74) is 15.2. The summed E-state index contributed by atoms with van der Waals surface area (Å²) in [4.78, 5) is 4.95. The molecule has 6 heterocycles. The smallest absolute Gasteiger partial charge is 0.256 e. The van der Waals surface area contributed by atoms with E-state index in [0.29, 0.717) is 0 Å². The van der Waals surface area contributed by atoms with Crippen LogP contribution in [0.25, 0.3) is 82.5 Å². The van der Waals surface area contributed by atoms with Gasteiger partial charge < -0.3 is 13.7 Å². The summed E-state index contributed by atoms with van der Waals surface area (Å²) < 4.78 is 7.55. The SMILES string of the molecule is c1ccc(-n2c3ccccc3c3cc4c5ccccc5n5c4c(c32)B2c3c(cccc3-5)-n3c4ccccc4c4cncc2c43)cc1. The Morgan fingerprint density at radius 1 is 0.413 bits per heavy atom. The van der Waals surface area contributed by atoms with E-state index in [9.17, 15) is 0 Å². The lowest BCUT2D eigenvalue weighted by molar-refractivity contribution is 1.14. The third kappa shape index (κ3) is 2.53. The summed E-state index contributed by atoms with van der Waals surface area (Å²) in [5, 5.41) is 7.61. The van der Waals surface area contributed by atoms with E-state index in [4.69, 9.17) is 4.98 Å². The largest absolute Gasteiger partial charge is 0.310 e. The highest BCUT2D eigenvalue weighted by Gasteiger charge is 2.42. The average Bonchev–Trinajstić information content (AvgIpc) is 3.76. The highest BCUT2D eigenvalue weighted by Crippen LogP contribution is 2.42. The molecule has 0 bridgehead atoms. The standard InChI is InChI=1S/C41H23BN4/c1-2-11-24(12-3-1)44-32-16-7-4-13-25(32)28-21-29-26-14-5-8-17-33(26)46-36-20-10-19-35-37(36)42(38(40(28)44)41(29)46)31-23-43-22-30-27-15-6-9-18-34(27)45(35)39(30)31/h1-23H. The molecule has 6 aromatic carbocycles. The monoisotopic (exact) mass is 582 g/mol. The molecule has 0 N–H and O–H groups in total. The molecule has 4 aromatic heterocycles. The summed E-state index contributed by atoms with van der Waals surface area (Å²) in [6, 6.07) is 46.8. The second kappa shape index (κ2) is 7.95. The fourth-order valence-electron chi connectivity index (χ4n) is 9.06. The lowest BCUT2D eigenvalue weighted by Crippen LogP contribution is -2.60. The van der Waals surface area contributed by atoms with Gasteiger partial charge in [-0.15, -0.1) is 0 Å². The zero-order valence-corrected chi connectivity index (χ0v) is 24.6. The van der Waals surface area contributed by atoms with Crippen LogP contribution in [0.4, 0.5) is 0 Å². The molecule has 0 unspecified atom stereocenters. The van der Waals surface area contributed by atoms with Crippen molar-refractivity contribution in [3.8, 4) is 17.1 Å². The number of para-hydroxylation sites is 4. The van der Waals surface area contributed by atoms with E-state index in [1.807, 2.05) is 0 Å². The first-order valence-electron chi connectivity index (χ1n) is 15.9. The number of fused-ring (bicyclic) bond motifs is 14. The number of pyridine rings is 1. The molecule has 210 valence electrons. The number of nitrogens with zero attached hydrogens (tertiary/aromatic N) is 4. The predicted octanol–water partition coefficient (Wildman–Crippen LogP) is 7.52. The molecule has 0 saturated carbocycles. The van der Waals surface area contributed by atoms with Crippen LogP contribution < -0.4 is 16.4 Å². The van der Waals surface area contributed by atoms with Crippen LogP contribution in [0.3, 0.4) is 0 Å². The Balaban J connectivity index is 1.40. The lowest BCUT2D eigenvalue weighted by Gasteiger charge is -2.34. The van der Waals surface area contributed by atoms with E-state index >= 15 is 0 Å². The van der Waals surface area contributed by atoms with Gasteiger partial charge in [0.05, 0.1) is 33.1 Å². The first-order valence-corrected chi connectivity index (χ1v) is 15.9. The van der Waals surface area contributed by atoms with E-state index in [-0.39, 0.29) is 6.71 Å². The fraction of sp³-hybridized carbons (Fsp3) is 0. The summed E-state index contributed by atoms with van der Waals surface area (Å²) >= 11 is 0. The molecule has 5 heteroatoms. The Hall–Kier alpha value is -6.07. The number of hydrogen-bond acceptors (Lipinski definition) is 1. The average molecular weight is 582 g/mol. The van der Waals surface area contributed by atoms with Crippen LogP contribution in [0.2, 0.25) is 0 Å². The number of hydrogen-bond donors (Lipinski definition) is 0. The van der Waals surface area contributed by atoms with Gasteiger partial charge in [-0.3, -0.25) is 4.98 Å². The van der Waals surface area contributed by atoms with Gasteiger partial charge in [0.25, 0.3) is 6.71 Å². The zero-order chi connectivity index (χ0) is 29.7. The first kappa shape index (κ1) is 23.3. The van der Waals surface area contributed by atoms with Crippen LogP contribution in [-0.2, 0) is 0 Å². The third-order valence-corrected chi connectivity index (χ3v) is 10.7. The Kier molecular flexibility index (Phi) is 4.03. The molecule has 4 nitrogen and oxygen atoms in total. The molecule has 10 aromatic rings. The van der Waals surface area contributed by atoms with Crippen molar-refractivity contribution >= 4 is 88.5 Å². The highest BCUT2D eigenvalue weighted by atomic mass is 15.0. The van der Waals surface area contributed by atoms with Crippen molar-refractivity contribution in [3.05, 3.63) is 140 Å². The van der Waals surface area contributed by atoms with Gasteiger partial charge in [0.2, 0.25) is 0 Å². The van der Waals surface area contributed by atoms with Gasteiger partial charge in [0.15, 0.2) is 0 Å². The van der Waals surface area contributed by atoms with E-state index in [1.54, 1.807) is 0 Å². The first-order chi connectivity index (χ1) is 22.9. The fourth-order valence-corrected chi connectivity index (χ4v) is 9.06. The van der Waals surface area contributed by atoms with Crippen molar-refractivity contribution in [2.45, 2.75) is 0 Å². The second-order valence-corrected chi connectivity index (χ2v) is 12.7. The van der Waals surface area contributed by atoms with E-state index in [0.717, 1.165) is 0 Å². The number of aromatic nitrogens is 4. The zero-order valence-electron chi connectivity index (χ0n) is 24.6. The molecule has 2 aliphatic rings. The molecule has 2 aliphatic heterocycles. The maximum Gasteiger partial charge on any atom is 0.256 e. The minimum atomic E-state index is 0.00833. The second-order valence-electron chi connectivity index (χ2n) is 12.7. The van der Waals surface area contributed by atoms with Crippen LogP contribution in [0.1, 0.15) is 0 Å². The summed E-state index contributed by atoms with van der Waals surface area (Å²) in [6.07, 6.45) is 4.20. The molecule has 0 radical (unpaired) electrons. The Morgan fingerprint density at radius 3 is 1.63 bits per heavy atom. The number of benzene rings is 6. The lowest BCUT2D eigenvalue weighted by atomic mass is 9.34. The van der Waals surface area contributed by atoms with Crippen LogP contribution in [0.5, 0.6) is 0 Å². The van der Waals surface area contributed by atoms with E-state index in [2.05, 4.69) is 153 Å². The summed E-state index contributed by atoms with van der Waals surface area (Å²) in [6.45, 7) is 0.00833. The highest BCUT2D eigenvalue weighted by molar-refractivity contribution is 7.01. The van der Waals surface area contributed by atoms with E-state index in [1.165, 1.54) is 98.9 Å². The topological polar surface area (TPSA) is 27.7 Å². The van der Waals surface area contributed by atoms with Crippen LogP contribution in [0, 0.1) is 0 Å². The molecule has 0 spiro atoms. The van der Waals surface area contributed by atoms with E-state index < -0.39 is 0 Å². The molecule has 0 saturated heterocycles. The molecule has 12 rings (SSSR count). The van der Waals surface area contributed by atoms with Gasteiger partial charge in [0.1, 0.15) is 0 Å². The molecular weight excluding hydrogens is 559 g/mol. The van der Waals surface area contributed by atoms with Crippen molar-refractivity contribution in [1.82, 2.24) is 18.7 Å². The van der Waals surface area contributed by atoms with Crippen LogP contribution in [-0.4, -0.2) is 25.4 Å². The normalized spacial score (nSPS) is 13.2. The van der Waals surface area contributed by atoms with Gasteiger partial charge in [-0.25, -0.2) is 0 Å². The Bertz CT molecular complexity index is 2980. The van der Waals surface area contributed by atoms with Crippen molar-refractivity contribution in [2.75, 3.05) is 0 Å². The maximum atomic E-state index is 4.95. The number of rotatable bonds is 1. The van der Waals surface area contributed by atoms with Crippen molar-refractivity contribution in [1.29, 1.82) is 0 Å². The molecule has 46 heavy (non-hydrogen) atoms. The molecule has 0 fully saturated rings. The Labute approximate surface area is 263 Å². The van der Waals surface area contributed by atoms with Gasteiger partial charge in [-0.1, -0.05) is 78.9 Å². The quantitative estimate of drug-likeness (QED) is 0.184. The van der Waals surface area contributed by atoms with Crippen LogP contribution >= 0.6 is 0 Å². The van der Waals surface area contributed by atoms with Gasteiger partial charge in [0, 0.05) is 61.8 Å². The molecular formula is C41H23BN4. The minimum absolute atomic E-state index is 0.00833. The van der Waals surface area contributed by atoms with Crippen molar-refractivity contribution < 1.29 is 0 Å². The summed E-state index contributed by atoms with van der Waals surface area (Å²) in [5.74, 6) is 0. The predicted molar refractivity (Wildman–Crippen MR) is 192 cm³/mol. The minimum Gasteiger partial charge on any atom is -0.310 e. The molecule has 0 aliphatic carbocycles. The van der Waals surface area contributed by atoms with Crippen LogP contribution in [0.15, 0.2) is 140 Å². The third-order valence-electron chi connectivity index (χ3n) is 10.7. The summed E-state index contributed by atoms with van der Waals surface area (Å²) in [7, 11) is 0. The molecule has 0 amide bonds.